The Labute approximate surface area is 220 Å². The van der Waals surface area contributed by atoms with E-state index in [1.807, 2.05) is 27.7 Å². The van der Waals surface area contributed by atoms with Gasteiger partial charge in [0.2, 0.25) is 0 Å². The van der Waals surface area contributed by atoms with Gasteiger partial charge in [0.15, 0.2) is 0 Å². The monoisotopic (exact) mass is 578 g/mol. The number of nitrogens with one attached hydrogen (secondary N) is 2. The van der Waals surface area contributed by atoms with E-state index in [-0.39, 0.29) is 20.1 Å². The number of halogens is 4. The summed E-state index contributed by atoms with van der Waals surface area (Å²) in [5.74, 6) is 0. The van der Waals surface area contributed by atoms with E-state index in [1.165, 1.54) is 6.07 Å². The molecular weight excluding hydrogens is 562 g/mol. The lowest BCUT2D eigenvalue weighted by atomic mass is 9.92. The molecule has 0 spiro atoms. The van der Waals surface area contributed by atoms with Crippen LogP contribution in [0, 0.1) is 0 Å². The maximum absolute atomic E-state index is 12.3. The van der Waals surface area contributed by atoms with Crippen LogP contribution in [0.3, 0.4) is 0 Å². The van der Waals surface area contributed by atoms with Gasteiger partial charge in [-0.25, -0.2) is 17.9 Å². The first-order valence-corrected chi connectivity index (χ1v) is 13.9. The van der Waals surface area contributed by atoms with Crippen molar-refractivity contribution in [3.05, 3.63) is 72.8 Å². The molecule has 1 aliphatic rings. The Kier molecular flexibility index (Phi) is 7.81. The normalized spacial score (nSPS) is 14.8. The van der Waals surface area contributed by atoms with Gasteiger partial charge in [0.1, 0.15) is 8.55 Å². The van der Waals surface area contributed by atoms with E-state index in [9.17, 15) is 13.2 Å². The minimum absolute atomic E-state index is 0.113. The molecule has 2 aromatic heterocycles. The average molecular weight is 580 g/mol. The van der Waals surface area contributed by atoms with Crippen LogP contribution in [-0.2, 0) is 23.0 Å². The molecule has 180 valence electrons. The van der Waals surface area contributed by atoms with E-state index < -0.39 is 16.1 Å². The molecule has 4 rings (SSSR count). The van der Waals surface area contributed by atoms with Gasteiger partial charge in [0.25, 0.3) is 10.0 Å². The van der Waals surface area contributed by atoms with Crippen LogP contribution in [0.5, 0.6) is 0 Å². The van der Waals surface area contributed by atoms with Crippen molar-refractivity contribution in [1.29, 1.82) is 0 Å². The lowest BCUT2D eigenvalue weighted by Crippen LogP contribution is -2.39. The molecule has 1 aliphatic carbocycles. The predicted octanol–water partition coefficient (Wildman–Crippen LogP) is 6.01. The summed E-state index contributed by atoms with van der Waals surface area (Å²) in [6.45, 7) is 0.607. The summed E-state index contributed by atoms with van der Waals surface area (Å²) in [4.78, 5) is 12.2. The Morgan fingerprint density at radius 3 is 2.65 bits per heavy atom. The Morgan fingerprint density at radius 1 is 1.15 bits per heavy atom. The number of aryl methyl sites for hydroxylation is 1. The van der Waals surface area contributed by atoms with Crippen LogP contribution >= 0.6 is 57.7 Å². The molecule has 0 aliphatic heterocycles. The van der Waals surface area contributed by atoms with Gasteiger partial charge in [-0.2, -0.15) is 5.10 Å². The largest absolute Gasteiger partial charge is 0.334 e. The van der Waals surface area contributed by atoms with E-state index >= 15 is 0 Å². The fraction of sp³-hybridized carbons (Fsp3) is 0.238. The summed E-state index contributed by atoms with van der Waals surface area (Å²) < 4.78 is 28.5. The summed E-state index contributed by atoms with van der Waals surface area (Å²) in [6, 6.07) is 5.69. The number of carbonyl (C=O) groups excluding carboxylic acids is 1. The SMILES string of the molecule is O=C(NC/C=C1\CCCc2cnn(Cc3ccc(Cl)cc3Cl)c21)NS(=O)(=O)c1cc(Cl)c(Cl)s1. The third-order valence-electron chi connectivity index (χ3n) is 5.17. The molecule has 0 radical (unpaired) electrons. The average Bonchev–Trinajstić information content (AvgIpc) is 3.34. The Hall–Kier alpha value is -1.75. The van der Waals surface area contributed by atoms with Gasteiger partial charge in [-0.15, -0.1) is 11.3 Å². The van der Waals surface area contributed by atoms with Crippen LogP contribution in [0.15, 0.2) is 40.7 Å². The van der Waals surface area contributed by atoms with Crippen LogP contribution < -0.4 is 10.0 Å². The van der Waals surface area contributed by atoms with Crippen LogP contribution in [-0.4, -0.2) is 30.8 Å². The van der Waals surface area contributed by atoms with E-state index in [4.69, 9.17) is 46.4 Å². The van der Waals surface area contributed by atoms with E-state index in [1.54, 1.807) is 12.1 Å². The molecule has 0 saturated carbocycles. The predicted molar refractivity (Wildman–Crippen MR) is 137 cm³/mol. The maximum Gasteiger partial charge on any atom is 0.328 e. The molecule has 2 N–H and O–H groups in total. The first-order valence-electron chi connectivity index (χ1n) is 10.1. The van der Waals surface area contributed by atoms with Gasteiger partial charge >= 0.3 is 6.03 Å². The summed E-state index contributed by atoms with van der Waals surface area (Å²) in [5, 5.41) is 8.32. The molecule has 3 aromatic rings. The smallest absolute Gasteiger partial charge is 0.328 e. The highest BCUT2D eigenvalue weighted by atomic mass is 35.5. The molecule has 0 unspecified atom stereocenters. The van der Waals surface area contributed by atoms with Crippen molar-refractivity contribution in [3.63, 3.8) is 0 Å². The zero-order chi connectivity index (χ0) is 24.5. The second kappa shape index (κ2) is 10.5. The van der Waals surface area contributed by atoms with E-state index in [2.05, 4.69) is 10.4 Å². The molecule has 2 amide bonds. The topological polar surface area (TPSA) is 93.1 Å². The Balaban J connectivity index is 1.45. The van der Waals surface area contributed by atoms with Gasteiger partial charge in [0, 0.05) is 16.6 Å². The van der Waals surface area contributed by atoms with Crippen molar-refractivity contribution in [2.24, 2.45) is 0 Å². The molecule has 0 bridgehead atoms. The van der Waals surface area contributed by atoms with Crippen LogP contribution in [0.4, 0.5) is 4.79 Å². The van der Waals surface area contributed by atoms with E-state index in [0.717, 1.165) is 53.0 Å². The third kappa shape index (κ3) is 5.72. The highest BCUT2D eigenvalue weighted by Gasteiger charge is 2.23. The summed E-state index contributed by atoms with van der Waals surface area (Å²) >= 11 is 24.7. The summed E-state index contributed by atoms with van der Waals surface area (Å²) in [7, 11) is -4.07. The highest BCUT2D eigenvalue weighted by Crippen LogP contribution is 2.34. The number of carbonyl (C=O) groups is 1. The molecule has 7 nitrogen and oxygen atoms in total. The lowest BCUT2D eigenvalue weighted by molar-refractivity contribution is 0.247. The van der Waals surface area contributed by atoms with Gasteiger partial charge in [-0.05, 0) is 54.2 Å². The van der Waals surface area contributed by atoms with Gasteiger partial charge in [-0.3, -0.25) is 4.68 Å². The zero-order valence-electron chi connectivity index (χ0n) is 17.4. The van der Waals surface area contributed by atoms with Crippen molar-refractivity contribution in [2.45, 2.75) is 30.0 Å². The van der Waals surface area contributed by atoms with Crippen molar-refractivity contribution in [3.8, 4) is 0 Å². The molecule has 0 fully saturated rings. The van der Waals surface area contributed by atoms with Gasteiger partial charge in [0.05, 0.1) is 23.5 Å². The quantitative estimate of drug-likeness (QED) is 0.374. The first kappa shape index (κ1) is 25.3. The van der Waals surface area contributed by atoms with Crippen molar-refractivity contribution < 1.29 is 13.2 Å². The second-order valence-corrected chi connectivity index (χ2v) is 12.3. The number of hydrogen-bond acceptors (Lipinski definition) is 5. The maximum atomic E-state index is 12.3. The van der Waals surface area contributed by atoms with Crippen molar-refractivity contribution in [2.75, 3.05) is 6.54 Å². The van der Waals surface area contributed by atoms with Crippen molar-refractivity contribution >= 4 is 79.4 Å². The van der Waals surface area contributed by atoms with Crippen LogP contribution in [0.1, 0.15) is 29.7 Å². The number of hydrogen-bond donors (Lipinski definition) is 2. The molecular formula is C21H18Cl4N4O3S2. The Bertz CT molecular complexity index is 1360. The first-order chi connectivity index (χ1) is 16.1. The summed E-state index contributed by atoms with van der Waals surface area (Å²) in [6.07, 6.45) is 6.37. The number of fused-ring (bicyclic) bond motifs is 1. The van der Waals surface area contributed by atoms with Crippen LogP contribution in [0.2, 0.25) is 19.4 Å². The number of amides is 2. The minimum atomic E-state index is -4.07. The van der Waals surface area contributed by atoms with Crippen molar-refractivity contribution in [1.82, 2.24) is 19.8 Å². The number of benzene rings is 1. The number of allylic oxidation sites excluding steroid dienone is 1. The highest BCUT2D eigenvalue weighted by molar-refractivity contribution is 7.92. The fourth-order valence-corrected chi connectivity index (χ4v) is 6.91. The number of rotatable bonds is 6. The number of sulfonamides is 1. The number of urea groups is 1. The fourth-order valence-electron chi connectivity index (χ4n) is 3.63. The standard InChI is InChI=1S/C21H18Cl4N4O3S2/c22-15-5-4-14(16(23)8-15)11-29-19-12(2-1-3-13(19)10-27-29)6-7-26-21(30)28-34(31,32)18-9-17(24)20(25)33-18/h4-6,8-10H,1-3,7,11H2,(H2,26,28,30)/b12-6+. The van der Waals surface area contributed by atoms with E-state index in [0.29, 0.717) is 16.6 Å². The minimum Gasteiger partial charge on any atom is -0.334 e. The molecule has 13 heteroatoms. The Morgan fingerprint density at radius 2 is 1.94 bits per heavy atom. The van der Waals surface area contributed by atoms with Gasteiger partial charge < -0.3 is 5.32 Å². The zero-order valence-corrected chi connectivity index (χ0v) is 22.1. The number of aromatic nitrogens is 2. The molecule has 2 heterocycles. The second-order valence-electron chi connectivity index (χ2n) is 7.50. The van der Waals surface area contributed by atoms with Crippen LogP contribution in [0.25, 0.3) is 5.57 Å². The third-order valence-corrected chi connectivity index (χ3v) is 9.43. The number of thiophene rings is 1. The number of nitrogens with zero attached hydrogens (tertiary/aromatic N) is 2. The molecule has 0 atom stereocenters. The molecule has 34 heavy (non-hydrogen) atoms. The molecule has 0 saturated heterocycles. The summed E-state index contributed by atoms with van der Waals surface area (Å²) in [5.41, 5.74) is 4.00. The lowest BCUT2D eigenvalue weighted by Gasteiger charge is -2.18. The van der Waals surface area contributed by atoms with Gasteiger partial charge in [-0.1, -0.05) is 58.5 Å². The molecule has 1 aromatic carbocycles.